The normalized spacial score (nSPS) is 31.6. The summed E-state index contributed by atoms with van der Waals surface area (Å²) in [5, 5.41) is 0. The molecule has 18 heavy (non-hydrogen) atoms. The monoisotopic (exact) mass is 254 g/mol. The summed E-state index contributed by atoms with van der Waals surface area (Å²) in [7, 11) is 0. The largest absolute Gasteiger partial charge is 0.374 e. The number of ether oxygens (including phenoxy) is 1. The summed E-state index contributed by atoms with van der Waals surface area (Å²) in [5.74, 6) is -2.86. The molecule has 1 aliphatic rings. The second-order valence-corrected chi connectivity index (χ2v) is 4.90. The molecule has 0 N–H and O–H groups in total. The van der Waals surface area contributed by atoms with Gasteiger partial charge in [-0.15, -0.1) is 0 Å². The number of carbonyl (C=O) groups excluding carboxylic acids is 1. The Morgan fingerprint density at radius 2 is 1.83 bits per heavy atom. The topological polar surface area (TPSA) is 26.3 Å². The Hall–Kier alpha value is -1.29. The molecule has 1 fully saturated rings. The summed E-state index contributed by atoms with van der Waals surface area (Å²) in [6, 6.07) is 3.68. The highest BCUT2D eigenvalue weighted by Crippen LogP contribution is 2.35. The fraction of sp³-hybridized carbons (Fsp3) is 0.500. The molecule has 4 atom stereocenters. The molecule has 1 aliphatic heterocycles. The van der Waals surface area contributed by atoms with Crippen molar-refractivity contribution in [1.82, 2.24) is 0 Å². The number of hydrogen-bond acceptors (Lipinski definition) is 2. The molecule has 1 aromatic carbocycles. The number of hydrogen-bond donors (Lipinski definition) is 0. The molecule has 0 spiro atoms. The third kappa shape index (κ3) is 2.05. The van der Waals surface area contributed by atoms with Gasteiger partial charge in [-0.1, -0.05) is 13.0 Å². The Balaban J connectivity index is 2.34. The van der Waals surface area contributed by atoms with Crippen LogP contribution in [-0.4, -0.2) is 18.0 Å². The lowest BCUT2D eigenvalue weighted by Gasteiger charge is -2.17. The van der Waals surface area contributed by atoms with Gasteiger partial charge < -0.3 is 4.74 Å². The maximum absolute atomic E-state index is 13.6. The Kier molecular flexibility index (Phi) is 3.48. The lowest BCUT2D eigenvalue weighted by molar-refractivity contribution is 0.0490. The molecular weight excluding hydrogens is 238 g/mol. The van der Waals surface area contributed by atoms with Crippen LogP contribution in [0, 0.1) is 23.5 Å². The van der Waals surface area contributed by atoms with Gasteiger partial charge in [0.05, 0.1) is 23.7 Å². The van der Waals surface area contributed by atoms with E-state index in [1.165, 1.54) is 12.1 Å². The van der Waals surface area contributed by atoms with Crippen LogP contribution in [0.15, 0.2) is 18.2 Å². The van der Waals surface area contributed by atoms with Gasteiger partial charge >= 0.3 is 0 Å². The highest BCUT2D eigenvalue weighted by Gasteiger charge is 2.42. The third-order valence-electron chi connectivity index (χ3n) is 3.76. The van der Waals surface area contributed by atoms with Crippen molar-refractivity contribution < 1.29 is 18.3 Å². The van der Waals surface area contributed by atoms with Gasteiger partial charge in [-0.3, -0.25) is 4.79 Å². The van der Waals surface area contributed by atoms with Crippen molar-refractivity contribution in [3.63, 3.8) is 0 Å². The molecule has 0 aromatic heterocycles. The molecule has 1 aromatic rings. The van der Waals surface area contributed by atoms with Gasteiger partial charge in [0.1, 0.15) is 0 Å². The number of benzene rings is 1. The summed E-state index contributed by atoms with van der Waals surface area (Å²) in [5.41, 5.74) is -0.184. The number of Topliss-reactive ketones (excluding diaryl/α,β-unsaturated/α-hetero) is 1. The van der Waals surface area contributed by atoms with E-state index in [1.54, 1.807) is 6.92 Å². The molecule has 1 saturated heterocycles. The average Bonchev–Trinajstić information content (AvgIpc) is 2.56. The minimum Gasteiger partial charge on any atom is -0.374 e. The zero-order valence-electron chi connectivity index (χ0n) is 10.6. The van der Waals surface area contributed by atoms with E-state index in [9.17, 15) is 13.6 Å². The van der Waals surface area contributed by atoms with E-state index in [0.29, 0.717) is 0 Å². The summed E-state index contributed by atoms with van der Waals surface area (Å²) in [6.07, 6.45) is -0.323. The van der Waals surface area contributed by atoms with Gasteiger partial charge in [-0.2, -0.15) is 0 Å². The number of ketones is 1. The predicted octanol–water partition coefficient (Wildman–Crippen LogP) is 3.21. The van der Waals surface area contributed by atoms with Crippen LogP contribution in [0.1, 0.15) is 31.1 Å². The van der Waals surface area contributed by atoms with Crippen molar-refractivity contribution in [1.29, 1.82) is 0 Å². The van der Waals surface area contributed by atoms with Gasteiger partial charge in [0, 0.05) is 0 Å². The van der Waals surface area contributed by atoms with Gasteiger partial charge in [0.25, 0.3) is 0 Å². The molecule has 98 valence electrons. The van der Waals surface area contributed by atoms with E-state index in [2.05, 4.69) is 0 Å². The molecule has 0 amide bonds. The fourth-order valence-corrected chi connectivity index (χ4v) is 2.59. The van der Waals surface area contributed by atoms with Crippen molar-refractivity contribution in [2.45, 2.75) is 33.0 Å². The first-order valence-corrected chi connectivity index (χ1v) is 6.07. The lowest BCUT2D eigenvalue weighted by Crippen LogP contribution is -2.27. The van der Waals surface area contributed by atoms with Gasteiger partial charge in [-0.25, -0.2) is 8.78 Å². The van der Waals surface area contributed by atoms with E-state index in [-0.39, 0.29) is 29.5 Å². The second-order valence-electron chi connectivity index (χ2n) is 4.90. The van der Waals surface area contributed by atoms with Crippen LogP contribution in [-0.2, 0) is 4.74 Å². The molecule has 2 rings (SSSR count). The zero-order chi connectivity index (χ0) is 13.4. The minimum absolute atomic E-state index is 0.00447. The maximum Gasteiger partial charge on any atom is 0.171 e. The van der Waals surface area contributed by atoms with Crippen LogP contribution in [0.3, 0.4) is 0 Å². The Morgan fingerprint density at radius 3 is 2.39 bits per heavy atom. The van der Waals surface area contributed by atoms with Gasteiger partial charge in [0.2, 0.25) is 0 Å². The quantitative estimate of drug-likeness (QED) is 0.757. The maximum atomic E-state index is 13.6. The summed E-state index contributed by atoms with van der Waals surface area (Å²) in [4.78, 5) is 12.3. The highest BCUT2D eigenvalue weighted by atomic mass is 19.2. The summed E-state index contributed by atoms with van der Waals surface area (Å²) in [6.45, 7) is 5.57. The molecule has 1 heterocycles. The first-order valence-electron chi connectivity index (χ1n) is 6.07. The summed E-state index contributed by atoms with van der Waals surface area (Å²) < 4.78 is 32.3. The Labute approximate surface area is 105 Å². The van der Waals surface area contributed by atoms with Crippen LogP contribution >= 0.6 is 0 Å². The Morgan fingerprint density at radius 1 is 1.17 bits per heavy atom. The van der Waals surface area contributed by atoms with Crippen LogP contribution in [0.5, 0.6) is 0 Å². The van der Waals surface area contributed by atoms with Crippen molar-refractivity contribution in [2.75, 3.05) is 0 Å². The van der Waals surface area contributed by atoms with E-state index in [4.69, 9.17) is 4.74 Å². The van der Waals surface area contributed by atoms with Crippen LogP contribution in [0.25, 0.3) is 0 Å². The molecule has 4 unspecified atom stereocenters. The van der Waals surface area contributed by atoms with Gasteiger partial charge in [-0.05, 0) is 31.9 Å². The molecule has 0 aliphatic carbocycles. The highest BCUT2D eigenvalue weighted by molar-refractivity contribution is 5.98. The predicted molar refractivity (Wildman–Crippen MR) is 63.4 cm³/mol. The van der Waals surface area contributed by atoms with Gasteiger partial charge in [0.15, 0.2) is 17.4 Å². The molecular formula is C14H16F2O2. The number of halogens is 2. The van der Waals surface area contributed by atoms with Crippen molar-refractivity contribution in [3.8, 4) is 0 Å². The van der Waals surface area contributed by atoms with E-state index >= 15 is 0 Å². The van der Waals surface area contributed by atoms with E-state index < -0.39 is 17.6 Å². The van der Waals surface area contributed by atoms with Crippen LogP contribution in [0.2, 0.25) is 0 Å². The molecule has 0 bridgehead atoms. The number of carbonyl (C=O) groups is 1. The van der Waals surface area contributed by atoms with Crippen molar-refractivity contribution in [2.24, 2.45) is 11.8 Å². The third-order valence-corrected chi connectivity index (χ3v) is 3.76. The van der Waals surface area contributed by atoms with Crippen molar-refractivity contribution >= 4 is 5.78 Å². The molecule has 0 radical (unpaired) electrons. The van der Waals surface area contributed by atoms with Crippen LogP contribution < -0.4 is 0 Å². The fourth-order valence-electron chi connectivity index (χ4n) is 2.59. The first-order chi connectivity index (χ1) is 8.43. The molecule has 4 heteroatoms. The summed E-state index contributed by atoms with van der Waals surface area (Å²) >= 11 is 0. The minimum atomic E-state index is -1.07. The number of rotatable bonds is 2. The SMILES string of the molecule is CC1OC(C)C(C(=O)c2cccc(F)c2F)C1C. The first kappa shape index (κ1) is 13.1. The zero-order valence-corrected chi connectivity index (χ0v) is 10.6. The van der Waals surface area contributed by atoms with E-state index in [0.717, 1.165) is 6.07 Å². The average molecular weight is 254 g/mol. The standard InChI is InChI=1S/C14H16F2O2/c1-7-8(2)18-9(3)12(7)14(17)10-5-4-6-11(15)13(10)16/h4-9,12H,1-3H3. The lowest BCUT2D eigenvalue weighted by atomic mass is 9.83. The van der Waals surface area contributed by atoms with Crippen LogP contribution in [0.4, 0.5) is 8.78 Å². The Bertz CT molecular complexity index is 473. The van der Waals surface area contributed by atoms with Crippen molar-refractivity contribution in [3.05, 3.63) is 35.4 Å². The molecule has 2 nitrogen and oxygen atoms in total. The molecule has 0 saturated carbocycles. The smallest absolute Gasteiger partial charge is 0.171 e. The second kappa shape index (κ2) is 4.76. The van der Waals surface area contributed by atoms with E-state index in [1.807, 2.05) is 13.8 Å².